The molecule has 2 amide bonds. The molecule has 0 aromatic heterocycles. The van der Waals surface area contributed by atoms with E-state index in [-0.39, 0.29) is 30.4 Å². The molecular formula is C25H33BrN2O3. The van der Waals surface area contributed by atoms with Gasteiger partial charge in [-0.25, -0.2) is 0 Å². The number of carbonyl (C=O) groups is 2. The second-order valence-corrected chi connectivity index (χ2v) is 9.04. The second kappa shape index (κ2) is 11.9. The molecule has 2 aromatic rings. The van der Waals surface area contributed by atoms with Gasteiger partial charge < -0.3 is 15.0 Å². The van der Waals surface area contributed by atoms with Gasteiger partial charge in [0.15, 0.2) is 6.61 Å². The number of amides is 2. The highest BCUT2D eigenvalue weighted by Crippen LogP contribution is 2.26. The summed E-state index contributed by atoms with van der Waals surface area (Å²) >= 11 is 3.43. The van der Waals surface area contributed by atoms with Crippen molar-refractivity contribution in [2.75, 3.05) is 6.61 Å². The highest BCUT2D eigenvalue weighted by atomic mass is 79.9. The van der Waals surface area contributed by atoms with Gasteiger partial charge in [0.1, 0.15) is 11.8 Å². The fourth-order valence-corrected chi connectivity index (χ4v) is 3.41. The van der Waals surface area contributed by atoms with E-state index in [4.69, 9.17) is 4.74 Å². The molecule has 0 radical (unpaired) electrons. The molecule has 0 aliphatic carbocycles. The van der Waals surface area contributed by atoms with Gasteiger partial charge in [-0.15, -0.1) is 0 Å². The van der Waals surface area contributed by atoms with E-state index in [2.05, 4.69) is 35.1 Å². The summed E-state index contributed by atoms with van der Waals surface area (Å²) in [6, 6.07) is 14.9. The fraction of sp³-hybridized carbons (Fsp3) is 0.440. The number of hydrogen-bond acceptors (Lipinski definition) is 3. The average Bonchev–Trinajstić information content (AvgIpc) is 2.76. The zero-order valence-electron chi connectivity index (χ0n) is 19.0. The van der Waals surface area contributed by atoms with Crippen LogP contribution in [0.4, 0.5) is 0 Å². The maximum Gasteiger partial charge on any atom is 0.261 e. The largest absolute Gasteiger partial charge is 0.483 e. The van der Waals surface area contributed by atoms with Crippen LogP contribution in [0.15, 0.2) is 53.0 Å². The molecule has 6 heteroatoms. The summed E-state index contributed by atoms with van der Waals surface area (Å²) < 4.78 is 6.86. The Bertz CT molecular complexity index is 867. The van der Waals surface area contributed by atoms with E-state index in [1.165, 1.54) is 0 Å². The van der Waals surface area contributed by atoms with Crippen LogP contribution in [0.25, 0.3) is 0 Å². The predicted molar refractivity (Wildman–Crippen MR) is 128 cm³/mol. The highest BCUT2D eigenvalue weighted by Gasteiger charge is 2.27. The molecule has 0 bridgehead atoms. The lowest BCUT2D eigenvalue weighted by Gasteiger charge is -2.29. The minimum Gasteiger partial charge on any atom is -0.483 e. The lowest BCUT2D eigenvalue weighted by Crippen LogP contribution is -2.50. The van der Waals surface area contributed by atoms with Gasteiger partial charge in [0.2, 0.25) is 5.91 Å². The van der Waals surface area contributed by atoms with Crippen molar-refractivity contribution in [3.8, 4) is 5.75 Å². The highest BCUT2D eigenvalue weighted by molar-refractivity contribution is 9.10. The molecule has 0 saturated heterocycles. The van der Waals surface area contributed by atoms with Crippen molar-refractivity contribution in [3.63, 3.8) is 0 Å². The van der Waals surface area contributed by atoms with E-state index in [0.29, 0.717) is 12.3 Å². The van der Waals surface area contributed by atoms with E-state index in [0.717, 1.165) is 22.0 Å². The van der Waals surface area contributed by atoms with Crippen LogP contribution in [0.5, 0.6) is 5.75 Å². The zero-order valence-corrected chi connectivity index (χ0v) is 20.6. The number of rotatable bonds is 10. The van der Waals surface area contributed by atoms with Gasteiger partial charge in [-0.05, 0) is 55.5 Å². The quantitative estimate of drug-likeness (QED) is 0.494. The van der Waals surface area contributed by atoms with Crippen molar-refractivity contribution in [1.29, 1.82) is 0 Å². The van der Waals surface area contributed by atoms with Crippen LogP contribution in [-0.4, -0.2) is 35.4 Å². The molecule has 1 N–H and O–H groups in total. The topological polar surface area (TPSA) is 58.6 Å². The molecule has 2 aromatic carbocycles. The molecule has 2 atom stereocenters. The summed E-state index contributed by atoms with van der Waals surface area (Å²) in [4.78, 5) is 27.5. The zero-order chi connectivity index (χ0) is 23.0. The monoisotopic (exact) mass is 488 g/mol. The lowest BCUT2D eigenvalue weighted by atomic mass is 10.0. The van der Waals surface area contributed by atoms with Crippen LogP contribution >= 0.6 is 15.9 Å². The van der Waals surface area contributed by atoms with Gasteiger partial charge in [0.25, 0.3) is 5.91 Å². The first-order valence-corrected chi connectivity index (χ1v) is 11.6. The Hall–Kier alpha value is -2.34. The molecule has 2 rings (SSSR count). The average molecular weight is 489 g/mol. The van der Waals surface area contributed by atoms with Gasteiger partial charge in [-0.2, -0.15) is 0 Å². The summed E-state index contributed by atoms with van der Waals surface area (Å²) in [6.07, 6.45) is 0.828. The van der Waals surface area contributed by atoms with E-state index >= 15 is 0 Å². The van der Waals surface area contributed by atoms with E-state index in [1.807, 2.05) is 62.4 Å². The van der Waals surface area contributed by atoms with Gasteiger partial charge in [0, 0.05) is 17.1 Å². The summed E-state index contributed by atoms with van der Waals surface area (Å²) in [7, 11) is 0. The summed E-state index contributed by atoms with van der Waals surface area (Å²) in [5.41, 5.74) is 2.00. The third-order valence-electron chi connectivity index (χ3n) is 5.33. The van der Waals surface area contributed by atoms with Crippen molar-refractivity contribution in [1.82, 2.24) is 10.2 Å². The first-order valence-electron chi connectivity index (χ1n) is 10.8. The van der Waals surface area contributed by atoms with E-state index < -0.39 is 6.04 Å². The maximum absolute atomic E-state index is 13.2. The van der Waals surface area contributed by atoms with Crippen LogP contribution in [0.1, 0.15) is 58.1 Å². The number of nitrogens with zero attached hydrogens (tertiary/aromatic N) is 1. The van der Waals surface area contributed by atoms with Crippen LogP contribution in [0.3, 0.4) is 0 Å². The van der Waals surface area contributed by atoms with Crippen LogP contribution in [0.2, 0.25) is 0 Å². The Morgan fingerprint density at radius 1 is 1.03 bits per heavy atom. The Morgan fingerprint density at radius 2 is 1.68 bits per heavy atom. The van der Waals surface area contributed by atoms with Gasteiger partial charge >= 0.3 is 0 Å². The van der Waals surface area contributed by atoms with Crippen LogP contribution < -0.4 is 10.1 Å². The van der Waals surface area contributed by atoms with Gasteiger partial charge in [-0.1, -0.05) is 67.0 Å². The molecule has 0 spiro atoms. The van der Waals surface area contributed by atoms with Gasteiger partial charge in [0.05, 0.1) is 0 Å². The predicted octanol–water partition coefficient (Wildman–Crippen LogP) is 5.28. The third-order valence-corrected chi connectivity index (χ3v) is 5.86. The first-order chi connectivity index (χ1) is 14.7. The Kier molecular flexibility index (Phi) is 9.56. The third kappa shape index (κ3) is 7.39. The number of benzene rings is 2. The molecule has 5 nitrogen and oxygen atoms in total. The lowest BCUT2D eigenvalue weighted by molar-refractivity contribution is -0.142. The molecule has 0 aliphatic rings. The molecule has 0 unspecified atom stereocenters. The summed E-state index contributed by atoms with van der Waals surface area (Å²) in [5, 5.41) is 2.98. The fourth-order valence-electron chi connectivity index (χ4n) is 3.15. The summed E-state index contributed by atoms with van der Waals surface area (Å²) in [5.74, 6) is 0.590. The number of nitrogens with one attached hydrogen (secondary N) is 1. The van der Waals surface area contributed by atoms with E-state index in [1.54, 1.807) is 11.8 Å². The molecular weight excluding hydrogens is 456 g/mol. The molecule has 168 valence electrons. The normalized spacial score (nSPS) is 12.9. The SMILES string of the molecule is CC[C@H](C)NC(=O)[C@H](C)N(Cc1ccc(Br)cc1)C(=O)COc1ccccc1C(C)C. The minimum absolute atomic E-state index is 0.0498. The number of hydrogen-bond donors (Lipinski definition) is 1. The number of halogens is 1. The number of carbonyl (C=O) groups excluding carboxylic acids is 2. The van der Waals surface area contributed by atoms with Crippen molar-refractivity contribution < 1.29 is 14.3 Å². The van der Waals surface area contributed by atoms with E-state index in [9.17, 15) is 9.59 Å². The van der Waals surface area contributed by atoms with Crippen molar-refractivity contribution in [3.05, 3.63) is 64.1 Å². The molecule has 0 fully saturated rings. The van der Waals surface area contributed by atoms with Crippen molar-refractivity contribution in [2.45, 2.75) is 65.6 Å². The molecule has 0 saturated carbocycles. The van der Waals surface area contributed by atoms with Crippen LogP contribution in [-0.2, 0) is 16.1 Å². The maximum atomic E-state index is 13.2. The van der Waals surface area contributed by atoms with Crippen molar-refractivity contribution >= 4 is 27.7 Å². The minimum atomic E-state index is -0.617. The second-order valence-electron chi connectivity index (χ2n) is 8.12. The number of ether oxygens (including phenoxy) is 1. The Labute approximate surface area is 194 Å². The molecule has 0 heterocycles. The smallest absolute Gasteiger partial charge is 0.261 e. The Balaban J connectivity index is 2.19. The van der Waals surface area contributed by atoms with Crippen LogP contribution in [0, 0.1) is 0 Å². The summed E-state index contributed by atoms with van der Waals surface area (Å²) in [6.45, 7) is 10.1. The van der Waals surface area contributed by atoms with Gasteiger partial charge in [-0.3, -0.25) is 9.59 Å². The molecule has 31 heavy (non-hydrogen) atoms. The molecule has 0 aliphatic heterocycles. The number of para-hydroxylation sites is 1. The first kappa shape index (κ1) is 24.9. The Morgan fingerprint density at radius 3 is 2.29 bits per heavy atom. The van der Waals surface area contributed by atoms with Crippen molar-refractivity contribution in [2.24, 2.45) is 0 Å². The standard InChI is InChI=1S/C25H33BrN2O3/c1-6-18(4)27-25(30)19(5)28(15-20-11-13-21(26)14-12-20)24(29)16-31-23-10-8-7-9-22(23)17(2)3/h7-14,17-19H,6,15-16H2,1-5H3,(H,27,30)/t18-,19-/m0/s1.